The summed E-state index contributed by atoms with van der Waals surface area (Å²) in [4.78, 5) is 2.51. The Morgan fingerprint density at radius 2 is 1.88 bits per heavy atom. The molecule has 0 amide bonds. The van der Waals surface area contributed by atoms with Gasteiger partial charge in [-0.1, -0.05) is 30.3 Å². The maximum atomic E-state index is 2.51. The van der Waals surface area contributed by atoms with E-state index in [-0.39, 0.29) is 0 Å². The number of hydrogen-bond donors (Lipinski definition) is 0. The van der Waals surface area contributed by atoms with E-state index in [0.29, 0.717) is 6.04 Å². The highest BCUT2D eigenvalue weighted by Gasteiger charge is 2.20. The van der Waals surface area contributed by atoms with E-state index in [1.54, 1.807) is 5.57 Å². The van der Waals surface area contributed by atoms with Crippen LogP contribution in [0.3, 0.4) is 0 Å². The molecule has 0 saturated heterocycles. The summed E-state index contributed by atoms with van der Waals surface area (Å²) in [6, 6.07) is 11.4. The topological polar surface area (TPSA) is 3.24 Å². The van der Waals surface area contributed by atoms with Crippen LogP contribution >= 0.6 is 0 Å². The first-order valence-electron chi connectivity index (χ1n) is 6.17. The van der Waals surface area contributed by atoms with Crippen molar-refractivity contribution >= 4 is 0 Å². The molecule has 1 aromatic rings. The summed E-state index contributed by atoms with van der Waals surface area (Å²) in [5.74, 6) is 0. The van der Waals surface area contributed by atoms with Gasteiger partial charge < -0.3 is 4.90 Å². The molecular formula is C15H21N. The molecule has 0 atom stereocenters. The van der Waals surface area contributed by atoms with Crippen molar-refractivity contribution in [3.8, 4) is 0 Å². The van der Waals surface area contributed by atoms with Gasteiger partial charge >= 0.3 is 0 Å². The minimum Gasteiger partial charge on any atom is -0.372 e. The Balaban J connectivity index is 2.11. The Morgan fingerprint density at radius 1 is 1.19 bits per heavy atom. The zero-order chi connectivity index (χ0) is 11.5. The van der Waals surface area contributed by atoms with E-state index in [4.69, 9.17) is 0 Å². The molecule has 1 aromatic carbocycles. The Morgan fingerprint density at radius 3 is 2.44 bits per heavy atom. The summed E-state index contributed by atoms with van der Waals surface area (Å²) in [7, 11) is 0. The van der Waals surface area contributed by atoms with Gasteiger partial charge in [0.25, 0.3) is 0 Å². The van der Waals surface area contributed by atoms with Crippen molar-refractivity contribution in [1.29, 1.82) is 0 Å². The van der Waals surface area contributed by atoms with Gasteiger partial charge in [0.2, 0.25) is 0 Å². The van der Waals surface area contributed by atoms with Gasteiger partial charge in [-0.25, -0.2) is 0 Å². The lowest BCUT2D eigenvalue weighted by Gasteiger charge is -2.24. The van der Waals surface area contributed by atoms with Gasteiger partial charge in [-0.05, 0) is 44.7 Å². The summed E-state index contributed by atoms with van der Waals surface area (Å²) >= 11 is 0. The molecule has 0 saturated carbocycles. The Bertz CT molecular complexity index is 376. The standard InChI is InChI=1S/C15H21N/c1-12(2)16-10-9-15(13(16)3)11-14-7-5-4-6-8-14/h4-8,12H,9-11H2,1-3H3. The lowest BCUT2D eigenvalue weighted by atomic mass is 10.0. The fourth-order valence-electron chi connectivity index (χ4n) is 2.51. The predicted octanol–water partition coefficient (Wildman–Crippen LogP) is 3.62. The Labute approximate surface area is 98.8 Å². The van der Waals surface area contributed by atoms with E-state index >= 15 is 0 Å². The van der Waals surface area contributed by atoms with Crippen molar-refractivity contribution in [1.82, 2.24) is 4.90 Å². The summed E-state index contributed by atoms with van der Waals surface area (Å²) in [5, 5.41) is 0. The number of nitrogens with zero attached hydrogens (tertiary/aromatic N) is 1. The van der Waals surface area contributed by atoms with Crippen molar-refractivity contribution in [2.75, 3.05) is 6.54 Å². The van der Waals surface area contributed by atoms with Crippen LogP contribution in [0.2, 0.25) is 0 Å². The molecule has 1 nitrogen and oxygen atoms in total. The minimum atomic E-state index is 0.633. The summed E-state index contributed by atoms with van der Waals surface area (Å²) < 4.78 is 0. The quantitative estimate of drug-likeness (QED) is 0.744. The van der Waals surface area contributed by atoms with Gasteiger partial charge in [-0.3, -0.25) is 0 Å². The molecule has 0 radical (unpaired) electrons. The smallest absolute Gasteiger partial charge is 0.0230 e. The third-order valence-electron chi connectivity index (χ3n) is 3.48. The van der Waals surface area contributed by atoms with Gasteiger partial charge in [-0.15, -0.1) is 0 Å². The largest absolute Gasteiger partial charge is 0.372 e. The van der Waals surface area contributed by atoms with Gasteiger partial charge in [-0.2, -0.15) is 0 Å². The predicted molar refractivity (Wildman–Crippen MR) is 69.3 cm³/mol. The normalized spacial score (nSPS) is 16.4. The molecule has 16 heavy (non-hydrogen) atoms. The van der Waals surface area contributed by atoms with Gasteiger partial charge in [0.1, 0.15) is 0 Å². The first-order valence-corrected chi connectivity index (χ1v) is 6.17. The van der Waals surface area contributed by atoms with Crippen molar-refractivity contribution in [3.63, 3.8) is 0 Å². The highest BCUT2D eigenvalue weighted by Crippen LogP contribution is 2.27. The second-order valence-corrected chi connectivity index (χ2v) is 4.89. The molecule has 0 N–H and O–H groups in total. The zero-order valence-corrected chi connectivity index (χ0v) is 10.5. The molecule has 1 aliphatic heterocycles. The van der Waals surface area contributed by atoms with Crippen molar-refractivity contribution in [2.24, 2.45) is 0 Å². The second-order valence-electron chi connectivity index (χ2n) is 4.89. The summed E-state index contributed by atoms with van der Waals surface area (Å²) in [6.07, 6.45) is 2.36. The first-order chi connectivity index (χ1) is 7.68. The molecular weight excluding hydrogens is 194 g/mol. The van der Waals surface area contributed by atoms with Gasteiger partial charge in [0, 0.05) is 18.3 Å². The van der Waals surface area contributed by atoms with Crippen LogP contribution in [0.25, 0.3) is 0 Å². The van der Waals surface area contributed by atoms with E-state index in [9.17, 15) is 0 Å². The fourth-order valence-corrected chi connectivity index (χ4v) is 2.51. The third-order valence-corrected chi connectivity index (χ3v) is 3.48. The summed E-state index contributed by atoms with van der Waals surface area (Å²) in [6.45, 7) is 8.01. The monoisotopic (exact) mass is 215 g/mol. The van der Waals surface area contributed by atoms with Crippen LogP contribution in [0.4, 0.5) is 0 Å². The average molecular weight is 215 g/mol. The van der Waals surface area contributed by atoms with Crippen LogP contribution in [-0.2, 0) is 6.42 Å². The Kier molecular flexibility index (Phi) is 3.33. The molecule has 0 unspecified atom stereocenters. The van der Waals surface area contributed by atoms with E-state index in [1.165, 1.54) is 24.2 Å². The fraction of sp³-hybridized carbons (Fsp3) is 0.467. The van der Waals surface area contributed by atoms with Crippen LogP contribution in [0.1, 0.15) is 32.8 Å². The van der Waals surface area contributed by atoms with Gasteiger partial charge in [0.05, 0.1) is 0 Å². The lowest BCUT2D eigenvalue weighted by molar-refractivity contribution is 0.310. The number of allylic oxidation sites excluding steroid dienone is 1. The molecule has 1 heteroatoms. The van der Waals surface area contributed by atoms with Crippen molar-refractivity contribution in [3.05, 3.63) is 47.2 Å². The summed E-state index contributed by atoms with van der Waals surface area (Å²) in [5.41, 5.74) is 4.54. The van der Waals surface area contributed by atoms with Gasteiger partial charge in [0.15, 0.2) is 0 Å². The van der Waals surface area contributed by atoms with Crippen LogP contribution in [0.15, 0.2) is 41.6 Å². The van der Waals surface area contributed by atoms with Crippen molar-refractivity contribution < 1.29 is 0 Å². The van der Waals surface area contributed by atoms with Crippen LogP contribution < -0.4 is 0 Å². The van der Waals surface area contributed by atoms with Crippen LogP contribution in [-0.4, -0.2) is 17.5 Å². The zero-order valence-electron chi connectivity index (χ0n) is 10.5. The molecule has 0 spiro atoms. The molecule has 0 aromatic heterocycles. The van der Waals surface area contributed by atoms with Crippen LogP contribution in [0.5, 0.6) is 0 Å². The van der Waals surface area contributed by atoms with Crippen molar-refractivity contribution in [2.45, 2.75) is 39.7 Å². The molecule has 1 aliphatic rings. The molecule has 86 valence electrons. The highest BCUT2D eigenvalue weighted by atomic mass is 15.2. The Hall–Kier alpha value is -1.24. The number of hydrogen-bond acceptors (Lipinski definition) is 1. The molecule has 1 heterocycles. The van der Waals surface area contributed by atoms with E-state index in [2.05, 4.69) is 56.0 Å². The first kappa shape index (κ1) is 11.3. The molecule has 0 fully saturated rings. The molecule has 0 aliphatic carbocycles. The second kappa shape index (κ2) is 4.73. The minimum absolute atomic E-state index is 0.633. The molecule has 2 rings (SSSR count). The SMILES string of the molecule is CC1=C(Cc2ccccc2)CCN1C(C)C. The van der Waals surface area contributed by atoms with E-state index < -0.39 is 0 Å². The highest BCUT2D eigenvalue weighted by molar-refractivity contribution is 5.27. The average Bonchev–Trinajstić information content (AvgIpc) is 2.62. The lowest BCUT2D eigenvalue weighted by Crippen LogP contribution is -2.26. The van der Waals surface area contributed by atoms with E-state index in [0.717, 1.165) is 6.42 Å². The number of benzene rings is 1. The number of rotatable bonds is 3. The third kappa shape index (κ3) is 2.29. The van der Waals surface area contributed by atoms with E-state index in [1.807, 2.05) is 0 Å². The maximum Gasteiger partial charge on any atom is 0.0230 e. The molecule has 0 bridgehead atoms. The van der Waals surface area contributed by atoms with Crippen LogP contribution in [0, 0.1) is 0 Å². The maximum absolute atomic E-state index is 2.51.